The van der Waals surface area contributed by atoms with Gasteiger partial charge in [0.2, 0.25) is 0 Å². The number of aliphatic hydroxyl groups excluding tert-OH is 3. The van der Waals surface area contributed by atoms with E-state index in [-0.39, 0.29) is 12.4 Å². The van der Waals surface area contributed by atoms with Crippen molar-refractivity contribution in [2.75, 3.05) is 7.11 Å². The minimum atomic E-state index is -0.971. The lowest BCUT2D eigenvalue weighted by Crippen LogP contribution is -2.23. The van der Waals surface area contributed by atoms with Crippen LogP contribution in [0.15, 0.2) is 48.6 Å². The molecule has 0 fully saturated rings. The third-order valence-corrected chi connectivity index (χ3v) is 2.76. The van der Waals surface area contributed by atoms with Crippen molar-refractivity contribution in [3.63, 3.8) is 0 Å². The highest BCUT2D eigenvalue weighted by Gasteiger charge is 2.13. The van der Waals surface area contributed by atoms with E-state index < -0.39 is 18.3 Å². The van der Waals surface area contributed by atoms with E-state index in [1.54, 1.807) is 49.5 Å². The van der Waals surface area contributed by atoms with Crippen LogP contribution in [0.5, 0.6) is 0 Å². The zero-order valence-corrected chi connectivity index (χ0v) is 13.1. The average molecular weight is 310 g/mol. The summed E-state index contributed by atoms with van der Waals surface area (Å²) in [6.45, 7) is 1.67. The van der Waals surface area contributed by atoms with Gasteiger partial charge in [0.1, 0.15) is 0 Å². The molecule has 0 aliphatic rings. The Balaban J connectivity index is 3.98. The van der Waals surface area contributed by atoms with Gasteiger partial charge in [-0.2, -0.15) is 0 Å². The second kappa shape index (κ2) is 13.0. The minimum absolute atomic E-state index is 0.231. The zero-order valence-electron chi connectivity index (χ0n) is 13.1. The second-order valence-electron chi connectivity index (χ2n) is 4.81. The molecule has 0 aromatic heterocycles. The van der Waals surface area contributed by atoms with Crippen LogP contribution in [-0.4, -0.2) is 46.7 Å². The van der Waals surface area contributed by atoms with E-state index in [1.165, 1.54) is 13.2 Å². The Bertz CT molecular complexity index is 407. The van der Waals surface area contributed by atoms with Crippen LogP contribution in [0, 0.1) is 0 Å². The predicted molar refractivity (Wildman–Crippen MR) is 86.1 cm³/mol. The van der Waals surface area contributed by atoms with Gasteiger partial charge in [0.05, 0.1) is 25.4 Å². The standard InChI is InChI=1S/C17H26O5/c1-14(18)10-7-5-3-4-6-8-11-15(19)16(20)12-9-13-17(21)22-2/h3-8,10-11,14-16,18-20H,9,12-13H2,1-2H3/b5-3-,6-4+,10-7+,11-8+/t14-,15-,16+/m1/s1. The maximum atomic E-state index is 10.9. The predicted octanol–water partition coefficient (Wildman–Crippen LogP) is 1.66. The summed E-state index contributed by atoms with van der Waals surface area (Å²) >= 11 is 0. The smallest absolute Gasteiger partial charge is 0.305 e. The van der Waals surface area contributed by atoms with Crippen molar-refractivity contribution in [1.29, 1.82) is 0 Å². The van der Waals surface area contributed by atoms with Crippen molar-refractivity contribution in [2.24, 2.45) is 0 Å². The van der Waals surface area contributed by atoms with Gasteiger partial charge in [-0.25, -0.2) is 0 Å². The molecule has 0 aliphatic heterocycles. The van der Waals surface area contributed by atoms with E-state index in [1.807, 2.05) is 0 Å². The molecule has 0 bridgehead atoms. The molecule has 0 saturated heterocycles. The summed E-state index contributed by atoms with van der Waals surface area (Å²) < 4.78 is 4.49. The molecule has 3 atom stereocenters. The third-order valence-electron chi connectivity index (χ3n) is 2.76. The van der Waals surface area contributed by atoms with Gasteiger partial charge in [-0.3, -0.25) is 4.79 Å². The minimum Gasteiger partial charge on any atom is -0.469 e. The van der Waals surface area contributed by atoms with E-state index in [0.29, 0.717) is 12.8 Å². The first kappa shape index (κ1) is 20.3. The lowest BCUT2D eigenvalue weighted by atomic mass is 10.1. The van der Waals surface area contributed by atoms with E-state index in [0.717, 1.165) is 0 Å². The molecular weight excluding hydrogens is 284 g/mol. The van der Waals surface area contributed by atoms with Crippen molar-refractivity contribution in [3.05, 3.63) is 48.6 Å². The van der Waals surface area contributed by atoms with E-state index in [9.17, 15) is 15.0 Å². The normalized spacial score (nSPS) is 16.8. The first-order valence-electron chi connectivity index (χ1n) is 7.26. The molecular formula is C17H26O5. The van der Waals surface area contributed by atoms with Gasteiger partial charge in [0.25, 0.3) is 0 Å². The summed E-state index contributed by atoms with van der Waals surface area (Å²) in [5.74, 6) is -0.323. The molecule has 22 heavy (non-hydrogen) atoms. The SMILES string of the molecule is COC(=O)CCC[C@H](O)[C@H](O)/C=C/C=C/C=C\C=C\[C@@H](C)O. The fourth-order valence-electron chi connectivity index (χ4n) is 1.52. The molecule has 0 aromatic rings. The van der Waals surface area contributed by atoms with Crippen LogP contribution in [0.1, 0.15) is 26.2 Å². The number of methoxy groups -OCH3 is 1. The Morgan fingerprint density at radius 2 is 1.55 bits per heavy atom. The lowest BCUT2D eigenvalue weighted by Gasteiger charge is -2.13. The van der Waals surface area contributed by atoms with Crippen LogP contribution in [0.4, 0.5) is 0 Å². The van der Waals surface area contributed by atoms with Crippen LogP contribution in [0.3, 0.4) is 0 Å². The van der Waals surface area contributed by atoms with Crippen LogP contribution in [-0.2, 0) is 9.53 Å². The molecule has 0 amide bonds. The van der Waals surface area contributed by atoms with E-state index in [4.69, 9.17) is 5.11 Å². The van der Waals surface area contributed by atoms with Crippen molar-refractivity contribution >= 4 is 5.97 Å². The van der Waals surface area contributed by atoms with Gasteiger partial charge in [0, 0.05) is 6.42 Å². The summed E-state index contributed by atoms with van der Waals surface area (Å²) in [5, 5.41) is 28.4. The molecule has 0 rings (SSSR count). The largest absolute Gasteiger partial charge is 0.469 e. The van der Waals surface area contributed by atoms with Gasteiger partial charge >= 0.3 is 5.97 Å². The Morgan fingerprint density at radius 1 is 1.00 bits per heavy atom. The van der Waals surface area contributed by atoms with Crippen LogP contribution >= 0.6 is 0 Å². The summed E-state index contributed by atoms with van der Waals surface area (Å²) in [6, 6.07) is 0. The maximum absolute atomic E-state index is 10.9. The van der Waals surface area contributed by atoms with E-state index >= 15 is 0 Å². The van der Waals surface area contributed by atoms with Gasteiger partial charge < -0.3 is 20.1 Å². The van der Waals surface area contributed by atoms with Gasteiger partial charge in [0.15, 0.2) is 0 Å². The van der Waals surface area contributed by atoms with E-state index in [2.05, 4.69) is 4.74 Å². The van der Waals surface area contributed by atoms with Gasteiger partial charge in [-0.05, 0) is 19.8 Å². The summed E-state index contributed by atoms with van der Waals surface area (Å²) in [7, 11) is 1.32. The van der Waals surface area contributed by atoms with Crippen molar-refractivity contribution in [3.8, 4) is 0 Å². The number of hydrogen-bond donors (Lipinski definition) is 3. The van der Waals surface area contributed by atoms with Gasteiger partial charge in [-0.15, -0.1) is 0 Å². The summed E-state index contributed by atoms with van der Waals surface area (Å²) in [5.41, 5.74) is 0. The fraction of sp³-hybridized carbons (Fsp3) is 0.471. The molecule has 5 heteroatoms. The zero-order chi connectivity index (χ0) is 16.8. The summed E-state index contributed by atoms with van der Waals surface area (Å²) in [6.07, 6.45) is 12.2. The molecule has 0 saturated carbocycles. The number of carbonyl (C=O) groups excluding carboxylic acids is 1. The number of ether oxygens (including phenoxy) is 1. The Hall–Kier alpha value is -1.69. The lowest BCUT2D eigenvalue weighted by molar-refractivity contribution is -0.140. The Kier molecular flexibility index (Phi) is 12.0. The molecule has 5 nitrogen and oxygen atoms in total. The highest BCUT2D eigenvalue weighted by molar-refractivity contribution is 5.68. The molecule has 0 heterocycles. The topological polar surface area (TPSA) is 87.0 Å². The number of rotatable bonds is 10. The number of carbonyl (C=O) groups is 1. The van der Waals surface area contributed by atoms with Crippen molar-refractivity contribution in [1.82, 2.24) is 0 Å². The first-order valence-corrected chi connectivity index (χ1v) is 7.26. The molecule has 124 valence electrons. The quantitative estimate of drug-likeness (QED) is 0.422. The summed E-state index contributed by atoms with van der Waals surface area (Å²) in [4.78, 5) is 10.9. The number of aliphatic hydroxyl groups is 3. The number of allylic oxidation sites excluding steroid dienone is 6. The third kappa shape index (κ3) is 12.1. The monoisotopic (exact) mass is 310 g/mol. The Morgan fingerprint density at radius 3 is 2.09 bits per heavy atom. The van der Waals surface area contributed by atoms with Crippen LogP contribution in [0.2, 0.25) is 0 Å². The van der Waals surface area contributed by atoms with Crippen LogP contribution < -0.4 is 0 Å². The highest BCUT2D eigenvalue weighted by Crippen LogP contribution is 2.07. The molecule has 3 N–H and O–H groups in total. The molecule has 0 radical (unpaired) electrons. The maximum Gasteiger partial charge on any atom is 0.305 e. The van der Waals surface area contributed by atoms with Crippen molar-refractivity contribution < 1.29 is 24.9 Å². The molecule has 0 spiro atoms. The fourth-order valence-corrected chi connectivity index (χ4v) is 1.52. The molecule has 0 unspecified atom stereocenters. The average Bonchev–Trinajstić information content (AvgIpc) is 2.48. The van der Waals surface area contributed by atoms with Gasteiger partial charge in [-0.1, -0.05) is 48.6 Å². The second-order valence-corrected chi connectivity index (χ2v) is 4.81. The highest BCUT2D eigenvalue weighted by atomic mass is 16.5. The Labute approximate surface area is 131 Å². The van der Waals surface area contributed by atoms with Crippen molar-refractivity contribution in [2.45, 2.75) is 44.5 Å². The molecule has 0 aliphatic carbocycles. The first-order chi connectivity index (χ1) is 10.5. The number of esters is 1. The van der Waals surface area contributed by atoms with Crippen LogP contribution in [0.25, 0.3) is 0 Å². The molecule has 0 aromatic carbocycles. The number of hydrogen-bond acceptors (Lipinski definition) is 5.